The third kappa shape index (κ3) is 6.00. The van der Waals surface area contributed by atoms with Crippen LogP contribution in [-0.2, 0) is 11.3 Å². The first-order valence-electron chi connectivity index (χ1n) is 7.22. The van der Waals surface area contributed by atoms with Crippen LogP contribution in [0, 0.1) is 6.92 Å². The summed E-state index contributed by atoms with van der Waals surface area (Å²) < 4.78 is 1.85. The molecule has 1 aromatic carbocycles. The molecule has 3 N–H and O–H groups in total. The van der Waals surface area contributed by atoms with Gasteiger partial charge in [0.15, 0.2) is 18.9 Å². The Morgan fingerprint density at radius 2 is 1.52 bits per heavy atom. The highest BCUT2D eigenvalue weighted by atomic mass is 79.9. The number of nitrogens with zero attached hydrogens (tertiary/aromatic N) is 1. The maximum Gasteiger partial charge on any atom is 0.335 e. The largest absolute Gasteiger partial charge is 1.00 e. The Morgan fingerprint density at radius 3 is 2.00 bits per heavy atom. The summed E-state index contributed by atoms with van der Waals surface area (Å²) >= 11 is 0. The molecule has 1 aromatic heterocycles. The van der Waals surface area contributed by atoms with Gasteiger partial charge in [-0.3, -0.25) is 4.79 Å². The summed E-state index contributed by atoms with van der Waals surface area (Å²) in [5.74, 6) is -2.85. The lowest BCUT2D eigenvalue weighted by Crippen LogP contribution is -3.00. The average Bonchev–Trinajstić information content (AvgIpc) is 2.54. The summed E-state index contributed by atoms with van der Waals surface area (Å²) in [6.07, 6.45) is 3.89. The van der Waals surface area contributed by atoms with Gasteiger partial charge in [0, 0.05) is 17.8 Å². The monoisotopic (exact) mass is 408 g/mol. The minimum absolute atomic E-state index is 0. The van der Waals surface area contributed by atoms with E-state index in [-0.39, 0.29) is 46.1 Å². The second kappa shape index (κ2) is 8.93. The number of hydrogen-bond acceptors (Lipinski definition) is 3. The summed E-state index contributed by atoms with van der Waals surface area (Å²) in [6, 6.07) is 7.35. The van der Waals surface area contributed by atoms with E-state index in [4.69, 9.17) is 10.2 Å². The van der Waals surface area contributed by atoms with E-state index < -0.39 is 11.9 Å². The number of pyridine rings is 1. The van der Waals surface area contributed by atoms with Crippen molar-refractivity contribution in [2.45, 2.75) is 19.9 Å². The standard InChI is InChI=1S/C17H16N2O5.BrH/c1-11-2-5-19(6-3-11)7-4-15(20)18-14-9-12(16(21)22)8-13(10-14)17(23)24;/h2-3,5-6,8-10H,4,7H2,1H3,(H2-,18,20,21,22,23,24);1H. The van der Waals surface area contributed by atoms with Crippen molar-refractivity contribution >= 4 is 23.5 Å². The highest BCUT2D eigenvalue weighted by Crippen LogP contribution is 2.16. The molecule has 0 aliphatic carbocycles. The van der Waals surface area contributed by atoms with Gasteiger partial charge in [-0.1, -0.05) is 0 Å². The van der Waals surface area contributed by atoms with Crippen molar-refractivity contribution in [3.8, 4) is 0 Å². The fraction of sp³-hybridized carbons (Fsp3) is 0.176. The highest BCUT2D eigenvalue weighted by molar-refractivity contribution is 5.98. The Hall–Kier alpha value is -2.74. The number of benzene rings is 1. The number of anilines is 1. The Bertz CT molecular complexity index is 758. The molecule has 0 atom stereocenters. The minimum atomic E-state index is -1.26. The van der Waals surface area contributed by atoms with Gasteiger partial charge in [0.2, 0.25) is 5.91 Å². The Morgan fingerprint density at radius 1 is 1.00 bits per heavy atom. The normalized spacial score (nSPS) is 9.80. The van der Waals surface area contributed by atoms with Crippen LogP contribution in [0.15, 0.2) is 42.7 Å². The first kappa shape index (κ1) is 20.3. The van der Waals surface area contributed by atoms with Crippen LogP contribution in [0.2, 0.25) is 0 Å². The number of halogens is 1. The number of nitrogens with one attached hydrogen (secondary N) is 1. The van der Waals surface area contributed by atoms with Gasteiger partial charge in [-0.15, -0.1) is 0 Å². The molecule has 0 radical (unpaired) electrons. The first-order valence-corrected chi connectivity index (χ1v) is 7.22. The molecule has 0 unspecified atom stereocenters. The topological polar surface area (TPSA) is 108 Å². The van der Waals surface area contributed by atoms with E-state index in [1.807, 2.05) is 36.0 Å². The fourth-order valence-corrected chi connectivity index (χ4v) is 2.08. The van der Waals surface area contributed by atoms with E-state index >= 15 is 0 Å². The van der Waals surface area contributed by atoms with Crippen molar-refractivity contribution in [3.05, 3.63) is 59.4 Å². The molecule has 0 aliphatic heterocycles. The number of carbonyl (C=O) groups excluding carboxylic acids is 1. The molecular weight excluding hydrogens is 392 g/mol. The van der Waals surface area contributed by atoms with Gasteiger partial charge >= 0.3 is 11.9 Å². The maximum atomic E-state index is 12.0. The highest BCUT2D eigenvalue weighted by Gasteiger charge is 2.13. The van der Waals surface area contributed by atoms with Gasteiger partial charge in [0.25, 0.3) is 0 Å². The molecular formula is C17H17BrN2O5. The van der Waals surface area contributed by atoms with Crippen molar-refractivity contribution in [2.75, 3.05) is 5.32 Å². The third-order valence-electron chi connectivity index (χ3n) is 3.37. The number of carboxylic acid groups (broad SMARTS) is 2. The zero-order valence-electron chi connectivity index (χ0n) is 13.4. The molecule has 132 valence electrons. The number of amides is 1. The number of rotatable bonds is 6. The molecule has 1 heterocycles. The Labute approximate surface area is 154 Å². The lowest BCUT2D eigenvalue weighted by atomic mass is 10.1. The van der Waals surface area contributed by atoms with Crippen molar-refractivity contribution in [1.29, 1.82) is 0 Å². The first-order chi connectivity index (χ1) is 11.3. The molecule has 2 aromatic rings. The zero-order chi connectivity index (χ0) is 17.7. The van der Waals surface area contributed by atoms with Crippen LogP contribution in [0.5, 0.6) is 0 Å². The predicted octanol–water partition coefficient (Wildman–Crippen LogP) is -1.29. The summed E-state index contributed by atoms with van der Waals surface area (Å²) in [5, 5.41) is 20.6. The van der Waals surface area contributed by atoms with Gasteiger partial charge in [0.1, 0.15) is 0 Å². The van der Waals surface area contributed by atoms with Crippen LogP contribution >= 0.6 is 0 Å². The van der Waals surface area contributed by atoms with E-state index in [0.717, 1.165) is 11.6 Å². The van der Waals surface area contributed by atoms with E-state index in [1.165, 1.54) is 12.1 Å². The molecule has 25 heavy (non-hydrogen) atoms. The average molecular weight is 409 g/mol. The molecule has 0 bridgehead atoms. The summed E-state index contributed by atoms with van der Waals surface area (Å²) in [6.45, 7) is 2.42. The lowest BCUT2D eigenvalue weighted by molar-refractivity contribution is -0.695. The van der Waals surface area contributed by atoms with Gasteiger partial charge in [-0.25, -0.2) is 14.2 Å². The molecule has 1 amide bonds. The zero-order valence-corrected chi connectivity index (χ0v) is 15.0. The SMILES string of the molecule is Cc1cc[n+](CCC(=O)Nc2cc(C(=O)O)cc(C(=O)O)c2)cc1.[Br-]. The summed E-state index contributed by atoms with van der Waals surface area (Å²) in [5.41, 5.74) is 0.866. The quantitative estimate of drug-likeness (QED) is 0.515. The van der Waals surface area contributed by atoms with Crippen LogP contribution in [0.4, 0.5) is 5.69 Å². The molecule has 0 aliphatic rings. The Kier molecular flexibility index (Phi) is 7.25. The minimum Gasteiger partial charge on any atom is -1.00 e. The predicted molar refractivity (Wildman–Crippen MR) is 85.0 cm³/mol. The van der Waals surface area contributed by atoms with Crippen LogP contribution in [0.3, 0.4) is 0 Å². The molecule has 0 saturated carbocycles. The van der Waals surface area contributed by atoms with E-state index in [0.29, 0.717) is 6.54 Å². The van der Waals surface area contributed by atoms with E-state index in [9.17, 15) is 14.4 Å². The van der Waals surface area contributed by atoms with E-state index in [2.05, 4.69) is 5.32 Å². The number of aromatic carboxylic acids is 2. The van der Waals surface area contributed by atoms with Gasteiger partial charge in [0.05, 0.1) is 17.5 Å². The molecule has 0 spiro atoms. The van der Waals surface area contributed by atoms with Crippen LogP contribution in [0.1, 0.15) is 32.7 Å². The summed E-state index contributed by atoms with van der Waals surface area (Å²) in [7, 11) is 0. The smallest absolute Gasteiger partial charge is 0.335 e. The number of hydrogen-bond donors (Lipinski definition) is 3. The lowest BCUT2D eigenvalue weighted by Gasteiger charge is -2.07. The molecule has 0 saturated heterocycles. The third-order valence-corrected chi connectivity index (χ3v) is 3.37. The number of carbonyl (C=O) groups is 3. The van der Waals surface area contributed by atoms with Crippen molar-refractivity contribution in [3.63, 3.8) is 0 Å². The van der Waals surface area contributed by atoms with E-state index in [1.54, 1.807) is 0 Å². The number of aromatic nitrogens is 1. The Balaban J connectivity index is 0.00000312. The van der Waals surface area contributed by atoms with Crippen LogP contribution in [0.25, 0.3) is 0 Å². The van der Waals surface area contributed by atoms with Crippen molar-refractivity contribution < 1.29 is 46.1 Å². The fourth-order valence-electron chi connectivity index (χ4n) is 2.08. The second-order valence-corrected chi connectivity index (χ2v) is 5.32. The van der Waals surface area contributed by atoms with Gasteiger partial charge < -0.3 is 32.5 Å². The number of aryl methyl sites for hydroxylation is 2. The molecule has 0 fully saturated rings. The van der Waals surface area contributed by atoms with Crippen LogP contribution in [-0.4, -0.2) is 28.1 Å². The number of carboxylic acids is 2. The van der Waals surface area contributed by atoms with Crippen molar-refractivity contribution in [2.24, 2.45) is 0 Å². The molecule has 8 heteroatoms. The van der Waals surface area contributed by atoms with Crippen LogP contribution < -0.4 is 26.9 Å². The maximum absolute atomic E-state index is 12.0. The summed E-state index contributed by atoms with van der Waals surface area (Å²) in [4.78, 5) is 34.1. The van der Waals surface area contributed by atoms with Gasteiger partial charge in [-0.05, 0) is 30.7 Å². The van der Waals surface area contributed by atoms with Crippen molar-refractivity contribution in [1.82, 2.24) is 0 Å². The molecule has 7 nitrogen and oxygen atoms in total. The second-order valence-electron chi connectivity index (χ2n) is 5.32. The van der Waals surface area contributed by atoms with Gasteiger partial charge in [-0.2, -0.15) is 0 Å². The molecule has 2 rings (SSSR count).